The second-order valence-corrected chi connectivity index (χ2v) is 8.41. The van der Waals surface area contributed by atoms with Crippen molar-refractivity contribution >= 4 is 60.5 Å². The van der Waals surface area contributed by atoms with E-state index in [2.05, 4.69) is 36.2 Å². The highest BCUT2D eigenvalue weighted by Crippen LogP contribution is 2.21. The minimum absolute atomic E-state index is 0.0131. The van der Waals surface area contributed by atoms with Crippen LogP contribution in [0.4, 0.5) is 5.69 Å². The molecule has 0 aliphatic carbocycles. The third-order valence-corrected chi connectivity index (χ3v) is 5.33. The Hall–Kier alpha value is -1.95. The standard InChI is InChI=1S/C14H12BrN5O3S2/c15-8-5-11-13(17-6-8)20-14(19-11)24-7-12(21)18-9-1-3-10(4-2-9)25(16,22)23/h1-6H,7H2,(H,18,21)(H2,16,22,23)(H,17,19,20). The number of hydrogen-bond acceptors (Lipinski definition) is 6. The van der Waals surface area contributed by atoms with Crippen molar-refractivity contribution in [1.82, 2.24) is 15.0 Å². The predicted octanol–water partition coefficient (Wildman–Crippen LogP) is 2.10. The average molecular weight is 442 g/mol. The molecule has 0 atom stereocenters. The maximum atomic E-state index is 12.0. The fourth-order valence-corrected chi connectivity index (χ4v) is 3.50. The molecule has 4 N–H and O–H groups in total. The number of nitrogens with one attached hydrogen (secondary N) is 2. The molecule has 0 unspecified atom stereocenters. The molecule has 0 saturated carbocycles. The molecule has 0 aliphatic heterocycles. The number of fused-ring (bicyclic) bond motifs is 1. The number of halogens is 1. The number of carbonyl (C=O) groups is 1. The normalized spacial score (nSPS) is 11.6. The first-order valence-corrected chi connectivity index (χ1v) is 10.2. The van der Waals surface area contributed by atoms with Gasteiger partial charge in [0.05, 0.1) is 16.2 Å². The second-order valence-electron chi connectivity index (χ2n) is 4.97. The molecule has 0 saturated heterocycles. The molecular weight excluding hydrogens is 430 g/mol. The number of benzene rings is 1. The summed E-state index contributed by atoms with van der Waals surface area (Å²) < 4.78 is 23.2. The van der Waals surface area contributed by atoms with Gasteiger partial charge in [0, 0.05) is 16.4 Å². The molecule has 0 spiro atoms. The SMILES string of the molecule is NS(=O)(=O)c1ccc(NC(=O)CSc2nc3ncc(Br)cc3[nH]2)cc1. The minimum Gasteiger partial charge on any atom is -0.331 e. The van der Waals surface area contributed by atoms with Gasteiger partial charge in [-0.3, -0.25) is 4.79 Å². The molecule has 2 aromatic heterocycles. The van der Waals surface area contributed by atoms with Crippen molar-refractivity contribution in [3.8, 4) is 0 Å². The molecule has 0 aliphatic rings. The van der Waals surface area contributed by atoms with E-state index in [1.165, 1.54) is 36.0 Å². The lowest BCUT2D eigenvalue weighted by molar-refractivity contribution is -0.113. The highest BCUT2D eigenvalue weighted by atomic mass is 79.9. The van der Waals surface area contributed by atoms with E-state index in [1.807, 2.05) is 6.07 Å². The highest BCUT2D eigenvalue weighted by Gasteiger charge is 2.10. The van der Waals surface area contributed by atoms with Gasteiger partial charge in [0.2, 0.25) is 15.9 Å². The molecule has 1 aromatic carbocycles. The van der Waals surface area contributed by atoms with Crippen molar-refractivity contribution in [1.29, 1.82) is 0 Å². The molecule has 3 aromatic rings. The fraction of sp³-hybridized carbons (Fsp3) is 0.0714. The van der Waals surface area contributed by atoms with Crippen LogP contribution in [-0.4, -0.2) is 35.0 Å². The number of aromatic nitrogens is 3. The summed E-state index contributed by atoms with van der Waals surface area (Å²) in [7, 11) is -3.75. The van der Waals surface area contributed by atoms with Crippen LogP contribution in [0.5, 0.6) is 0 Å². The first kappa shape index (κ1) is 17.9. The van der Waals surface area contributed by atoms with Crippen LogP contribution in [0.25, 0.3) is 11.2 Å². The zero-order chi connectivity index (χ0) is 18.0. The molecule has 3 rings (SSSR count). The molecule has 1 amide bonds. The van der Waals surface area contributed by atoms with Crippen LogP contribution in [-0.2, 0) is 14.8 Å². The van der Waals surface area contributed by atoms with Crippen LogP contribution in [0.2, 0.25) is 0 Å². The molecule has 2 heterocycles. The van der Waals surface area contributed by atoms with Gasteiger partial charge in [-0.25, -0.2) is 23.5 Å². The van der Waals surface area contributed by atoms with Gasteiger partial charge in [-0.15, -0.1) is 0 Å². The number of carbonyl (C=O) groups excluding carboxylic acids is 1. The lowest BCUT2D eigenvalue weighted by Crippen LogP contribution is -2.15. The van der Waals surface area contributed by atoms with Crippen LogP contribution >= 0.6 is 27.7 Å². The molecule has 8 nitrogen and oxygen atoms in total. The Bertz CT molecular complexity index is 1030. The van der Waals surface area contributed by atoms with Crippen molar-refractivity contribution in [2.24, 2.45) is 5.14 Å². The van der Waals surface area contributed by atoms with Crippen molar-refractivity contribution in [2.45, 2.75) is 10.1 Å². The van der Waals surface area contributed by atoms with Gasteiger partial charge in [0.15, 0.2) is 10.8 Å². The Labute approximate surface area is 155 Å². The third-order valence-electron chi connectivity index (χ3n) is 3.09. The lowest BCUT2D eigenvalue weighted by atomic mass is 10.3. The molecule has 0 radical (unpaired) electrons. The van der Waals surface area contributed by atoms with Gasteiger partial charge < -0.3 is 10.3 Å². The fourth-order valence-electron chi connectivity index (χ4n) is 1.98. The Morgan fingerprint density at radius 2 is 2.04 bits per heavy atom. The number of sulfonamides is 1. The Balaban J connectivity index is 1.60. The van der Waals surface area contributed by atoms with Gasteiger partial charge in [-0.05, 0) is 46.3 Å². The number of aromatic amines is 1. The lowest BCUT2D eigenvalue weighted by Gasteiger charge is -2.05. The number of thioether (sulfide) groups is 1. The maximum Gasteiger partial charge on any atom is 0.238 e. The summed E-state index contributed by atoms with van der Waals surface area (Å²) in [6.45, 7) is 0. The van der Waals surface area contributed by atoms with E-state index in [-0.39, 0.29) is 16.6 Å². The van der Waals surface area contributed by atoms with Crippen molar-refractivity contribution in [3.63, 3.8) is 0 Å². The number of nitrogens with two attached hydrogens (primary N) is 1. The van der Waals surface area contributed by atoms with E-state index in [1.54, 1.807) is 6.20 Å². The summed E-state index contributed by atoms with van der Waals surface area (Å²) in [5, 5.41) is 8.28. The van der Waals surface area contributed by atoms with Crippen molar-refractivity contribution in [2.75, 3.05) is 11.1 Å². The van der Waals surface area contributed by atoms with Crippen molar-refractivity contribution < 1.29 is 13.2 Å². The highest BCUT2D eigenvalue weighted by molar-refractivity contribution is 9.10. The molecular formula is C14H12BrN5O3S2. The molecule has 130 valence electrons. The first-order chi connectivity index (χ1) is 11.8. The Kier molecular flexibility index (Phi) is 5.08. The molecule has 0 fully saturated rings. The van der Waals surface area contributed by atoms with Crippen molar-refractivity contribution in [3.05, 3.63) is 41.0 Å². The second kappa shape index (κ2) is 7.12. The number of nitrogens with zero attached hydrogens (tertiary/aromatic N) is 2. The monoisotopic (exact) mass is 441 g/mol. The van der Waals surface area contributed by atoms with E-state index in [9.17, 15) is 13.2 Å². The summed E-state index contributed by atoms with van der Waals surface area (Å²) in [4.78, 5) is 23.5. The largest absolute Gasteiger partial charge is 0.331 e. The molecule has 25 heavy (non-hydrogen) atoms. The minimum atomic E-state index is -3.75. The zero-order valence-corrected chi connectivity index (χ0v) is 15.8. The quantitative estimate of drug-likeness (QED) is 0.519. The number of hydrogen-bond donors (Lipinski definition) is 3. The summed E-state index contributed by atoms with van der Waals surface area (Å²) in [5.74, 6) is -0.110. The summed E-state index contributed by atoms with van der Waals surface area (Å²) in [5.41, 5.74) is 1.83. The number of pyridine rings is 1. The number of primary sulfonamides is 1. The summed E-state index contributed by atoms with van der Waals surface area (Å²) >= 11 is 4.57. The smallest absolute Gasteiger partial charge is 0.238 e. The van der Waals surface area contributed by atoms with Gasteiger partial charge >= 0.3 is 0 Å². The van der Waals surface area contributed by atoms with Gasteiger partial charge in [-0.1, -0.05) is 11.8 Å². The zero-order valence-electron chi connectivity index (χ0n) is 12.6. The van der Waals surface area contributed by atoms with E-state index in [0.717, 1.165) is 9.99 Å². The third kappa shape index (κ3) is 4.57. The average Bonchev–Trinajstić information content (AvgIpc) is 2.94. The van der Waals surface area contributed by atoms with Crippen LogP contribution < -0.4 is 10.5 Å². The van der Waals surface area contributed by atoms with Crippen LogP contribution in [0.3, 0.4) is 0 Å². The number of amides is 1. The first-order valence-electron chi connectivity index (χ1n) is 6.88. The van der Waals surface area contributed by atoms with E-state index in [4.69, 9.17) is 5.14 Å². The molecule has 11 heteroatoms. The topological polar surface area (TPSA) is 131 Å². The van der Waals surface area contributed by atoms with Crippen LogP contribution in [0.1, 0.15) is 0 Å². The number of imidazole rings is 1. The number of rotatable bonds is 5. The van der Waals surface area contributed by atoms with Gasteiger partial charge in [0.1, 0.15) is 0 Å². The van der Waals surface area contributed by atoms with Crippen LogP contribution in [0.15, 0.2) is 51.1 Å². The number of H-pyrrole nitrogens is 1. The number of anilines is 1. The predicted molar refractivity (Wildman–Crippen MR) is 98.8 cm³/mol. The van der Waals surface area contributed by atoms with E-state index >= 15 is 0 Å². The summed E-state index contributed by atoms with van der Waals surface area (Å²) in [6.07, 6.45) is 1.65. The van der Waals surface area contributed by atoms with E-state index < -0.39 is 10.0 Å². The van der Waals surface area contributed by atoms with Gasteiger partial charge in [0.25, 0.3) is 0 Å². The Morgan fingerprint density at radius 3 is 2.72 bits per heavy atom. The maximum absolute atomic E-state index is 12.0. The van der Waals surface area contributed by atoms with Crippen LogP contribution in [0, 0.1) is 0 Å². The Morgan fingerprint density at radius 1 is 1.32 bits per heavy atom. The van der Waals surface area contributed by atoms with Gasteiger partial charge in [-0.2, -0.15) is 0 Å². The molecule has 0 bridgehead atoms. The van der Waals surface area contributed by atoms with E-state index in [0.29, 0.717) is 16.5 Å². The summed E-state index contributed by atoms with van der Waals surface area (Å²) in [6, 6.07) is 7.48.